The fourth-order valence-corrected chi connectivity index (χ4v) is 3.50. The molecule has 4 nitrogen and oxygen atoms in total. The Morgan fingerprint density at radius 1 is 1.24 bits per heavy atom. The molecule has 0 saturated carbocycles. The summed E-state index contributed by atoms with van der Waals surface area (Å²) in [5.41, 5.74) is 6.61. The maximum atomic E-state index is 12.6. The highest BCUT2D eigenvalue weighted by atomic mass is 32.2. The Bertz CT molecular complexity index is 550. The van der Waals surface area contributed by atoms with Gasteiger partial charge in [0, 0.05) is 13.6 Å². The van der Waals surface area contributed by atoms with Crippen LogP contribution in [0.3, 0.4) is 0 Å². The van der Waals surface area contributed by atoms with Crippen LogP contribution in [0.15, 0.2) is 29.2 Å². The SMILES string of the molecule is CCC(C)c1ccc(S(=O)(=O)N(C)CC(C)(C)CN)cc1. The molecule has 0 bridgehead atoms. The molecule has 1 atom stereocenters. The maximum absolute atomic E-state index is 12.6. The van der Waals surface area contributed by atoms with Crippen molar-refractivity contribution in [2.24, 2.45) is 11.1 Å². The predicted octanol–water partition coefficient (Wildman–Crippen LogP) is 2.81. The lowest BCUT2D eigenvalue weighted by molar-refractivity contribution is 0.292. The van der Waals surface area contributed by atoms with E-state index in [1.165, 1.54) is 9.87 Å². The zero-order chi connectivity index (χ0) is 16.3. The molecule has 0 aromatic heterocycles. The van der Waals surface area contributed by atoms with Crippen molar-refractivity contribution in [2.75, 3.05) is 20.1 Å². The van der Waals surface area contributed by atoms with Crippen molar-refractivity contribution in [3.63, 3.8) is 0 Å². The highest BCUT2D eigenvalue weighted by Crippen LogP contribution is 2.23. The van der Waals surface area contributed by atoms with Crippen LogP contribution in [0.1, 0.15) is 45.6 Å². The smallest absolute Gasteiger partial charge is 0.242 e. The normalized spacial score (nSPS) is 14.4. The molecule has 0 aliphatic heterocycles. The second kappa shape index (κ2) is 6.90. The minimum Gasteiger partial charge on any atom is -0.330 e. The Labute approximate surface area is 129 Å². The Balaban J connectivity index is 2.97. The molecule has 0 heterocycles. The van der Waals surface area contributed by atoms with Gasteiger partial charge in [0.15, 0.2) is 0 Å². The van der Waals surface area contributed by atoms with E-state index in [0.717, 1.165) is 6.42 Å². The van der Waals surface area contributed by atoms with Crippen molar-refractivity contribution in [1.29, 1.82) is 0 Å². The highest BCUT2D eigenvalue weighted by Gasteiger charge is 2.27. The number of benzene rings is 1. The average Bonchev–Trinajstić information content (AvgIpc) is 2.46. The predicted molar refractivity (Wildman–Crippen MR) is 87.8 cm³/mol. The second-order valence-electron chi connectivity index (χ2n) is 6.51. The zero-order valence-corrected chi connectivity index (χ0v) is 14.6. The summed E-state index contributed by atoms with van der Waals surface area (Å²) in [5, 5.41) is 0. The molecule has 1 aromatic rings. The van der Waals surface area contributed by atoms with Crippen molar-refractivity contribution in [2.45, 2.75) is 44.9 Å². The van der Waals surface area contributed by atoms with Crippen molar-refractivity contribution >= 4 is 10.0 Å². The molecule has 120 valence electrons. The molecule has 21 heavy (non-hydrogen) atoms. The summed E-state index contributed by atoms with van der Waals surface area (Å²) in [6, 6.07) is 7.21. The minimum absolute atomic E-state index is 0.238. The molecule has 0 spiro atoms. The molecule has 1 aromatic carbocycles. The summed E-state index contributed by atoms with van der Waals surface area (Å²) in [5.74, 6) is 0.440. The number of hydrogen-bond donors (Lipinski definition) is 1. The number of sulfonamides is 1. The van der Waals surface area contributed by atoms with Crippen LogP contribution in [0.4, 0.5) is 0 Å². The molecule has 2 N–H and O–H groups in total. The van der Waals surface area contributed by atoms with E-state index < -0.39 is 10.0 Å². The Morgan fingerprint density at radius 2 is 1.76 bits per heavy atom. The van der Waals surface area contributed by atoms with E-state index in [1.807, 2.05) is 26.0 Å². The fraction of sp³-hybridized carbons (Fsp3) is 0.625. The molecule has 0 saturated heterocycles. The lowest BCUT2D eigenvalue weighted by Gasteiger charge is -2.28. The zero-order valence-electron chi connectivity index (χ0n) is 13.8. The van der Waals surface area contributed by atoms with E-state index in [1.54, 1.807) is 19.2 Å². The summed E-state index contributed by atoms with van der Waals surface area (Å²) < 4.78 is 26.5. The van der Waals surface area contributed by atoms with Crippen molar-refractivity contribution in [3.8, 4) is 0 Å². The molecule has 0 radical (unpaired) electrons. The number of nitrogens with two attached hydrogens (primary N) is 1. The third-order valence-electron chi connectivity index (χ3n) is 3.97. The van der Waals surface area contributed by atoms with Gasteiger partial charge in [-0.2, -0.15) is 0 Å². The van der Waals surface area contributed by atoms with Crippen LogP contribution in [-0.4, -0.2) is 32.9 Å². The van der Waals surface area contributed by atoms with E-state index in [9.17, 15) is 8.42 Å². The third-order valence-corrected chi connectivity index (χ3v) is 5.79. The van der Waals surface area contributed by atoms with Crippen LogP contribution in [0, 0.1) is 5.41 Å². The molecule has 0 fully saturated rings. The van der Waals surface area contributed by atoms with Crippen molar-refractivity contribution < 1.29 is 8.42 Å². The number of rotatable bonds is 7. The fourth-order valence-electron chi connectivity index (χ4n) is 2.14. The van der Waals surface area contributed by atoms with Crippen molar-refractivity contribution in [1.82, 2.24) is 4.31 Å². The monoisotopic (exact) mass is 312 g/mol. The minimum atomic E-state index is -3.45. The molecule has 0 amide bonds. The lowest BCUT2D eigenvalue weighted by Crippen LogP contribution is -2.39. The Kier molecular flexibility index (Phi) is 5.96. The third kappa shape index (κ3) is 4.53. The van der Waals surface area contributed by atoms with Gasteiger partial charge >= 0.3 is 0 Å². The summed E-state index contributed by atoms with van der Waals surface area (Å²) in [6.45, 7) is 9.03. The quantitative estimate of drug-likeness (QED) is 0.842. The molecule has 0 aliphatic rings. The van der Waals surface area contributed by atoms with Crippen LogP contribution in [0.2, 0.25) is 0 Å². The van der Waals surface area contributed by atoms with Gasteiger partial charge in [0.25, 0.3) is 0 Å². The second-order valence-corrected chi connectivity index (χ2v) is 8.55. The van der Waals surface area contributed by atoms with Gasteiger partial charge in [-0.3, -0.25) is 0 Å². The number of nitrogens with zero attached hydrogens (tertiary/aromatic N) is 1. The summed E-state index contributed by atoms with van der Waals surface area (Å²) in [7, 11) is -1.85. The first kappa shape index (κ1) is 18.1. The van der Waals surface area contributed by atoms with Gasteiger partial charge in [-0.05, 0) is 42.0 Å². The molecular weight excluding hydrogens is 284 g/mol. The number of hydrogen-bond acceptors (Lipinski definition) is 3. The largest absolute Gasteiger partial charge is 0.330 e. The molecule has 0 aliphatic carbocycles. The first-order chi connectivity index (χ1) is 9.64. The summed E-state index contributed by atoms with van der Waals surface area (Å²) >= 11 is 0. The Hall–Kier alpha value is -0.910. The first-order valence-electron chi connectivity index (χ1n) is 7.40. The topological polar surface area (TPSA) is 63.4 Å². The van der Waals surface area contributed by atoms with Gasteiger partial charge in [-0.1, -0.05) is 39.8 Å². The van der Waals surface area contributed by atoms with Gasteiger partial charge in [-0.25, -0.2) is 12.7 Å². The maximum Gasteiger partial charge on any atom is 0.242 e. The lowest BCUT2D eigenvalue weighted by atomic mass is 9.94. The van der Waals surface area contributed by atoms with E-state index >= 15 is 0 Å². The molecular formula is C16H28N2O2S. The average molecular weight is 312 g/mol. The Morgan fingerprint density at radius 3 is 2.19 bits per heavy atom. The van der Waals surface area contributed by atoms with Crippen LogP contribution in [0.5, 0.6) is 0 Å². The van der Waals surface area contributed by atoms with Crippen LogP contribution >= 0.6 is 0 Å². The van der Waals surface area contributed by atoms with Gasteiger partial charge in [0.05, 0.1) is 4.90 Å². The van der Waals surface area contributed by atoms with Crippen LogP contribution < -0.4 is 5.73 Å². The standard InChI is InChI=1S/C16H28N2O2S/c1-6-13(2)14-7-9-15(10-8-14)21(19,20)18(5)12-16(3,4)11-17/h7-10,13H,6,11-12,17H2,1-5H3. The summed E-state index contributed by atoms with van der Waals surface area (Å²) in [6.07, 6.45) is 1.04. The van der Waals surface area contributed by atoms with Crippen LogP contribution in [-0.2, 0) is 10.0 Å². The van der Waals surface area contributed by atoms with Gasteiger partial charge in [-0.15, -0.1) is 0 Å². The summed E-state index contributed by atoms with van der Waals surface area (Å²) in [4.78, 5) is 0.338. The van der Waals surface area contributed by atoms with Crippen molar-refractivity contribution in [3.05, 3.63) is 29.8 Å². The first-order valence-corrected chi connectivity index (χ1v) is 8.84. The highest BCUT2D eigenvalue weighted by molar-refractivity contribution is 7.89. The van der Waals surface area contributed by atoms with Crippen LogP contribution in [0.25, 0.3) is 0 Å². The van der Waals surface area contributed by atoms with E-state index in [4.69, 9.17) is 5.73 Å². The molecule has 1 unspecified atom stereocenters. The van der Waals surface area contributed by atoms with E-state index in [-0.39, 0.29) is 5.41 Å². The van der Waals surface area contributed by atoms with Gasteiger partial charge < -0.3 is 5.73 Å². The van der Waals surface area contributed by atoms with E-state index in [2.05, 4.69) is 13.8 Å². The van der Waals surface area contributed by atoms with E-state index in [0.29, 0.717) is 23.9 Å². The molecule has 5 heteroatoms. The van der Waals surface area contributed by atoms with Gasteiger partial charge in [0.1, 0.15) is 0 Å². The molecule has 1 rings (SSSR count). The van der Waals surface area contributed by atoms with Gasteiger partial charge in [0.2, 0.25) is 10.0 Å².